The normalized spacial score (nSPS) is 16.4. The monoisotopic (exact) mass is 391 g/mol. The van der Waals surface area contributed by atoms with E-state index in [0.29, 0.717) is 6.04 Å². The average Bonchev–Trinajstić information content (AvgIpc) is 3.30. The number of aromatic amines is 1. The molecular formula is C22H22ClN5. The van der Waals surface area contributed by atoms with E-state index in [4.69, 9.17) is 11.6 Å². The molecule has 1 aromatic carbocycles. The molecule has 0 amide bonds. The molecule has 28 heavy (non-hydrogen) atoms. The summed E-state index contributed by atoms with van der Waals surface area (Å²) >= 11 is 6.35. The third-order valence-electron chi connectivity index (χ3n) is 5.72. The van der Waals surface area contributed by atoms with Gasteiger partial charge < -0.3 is 10.3 Å². The highest BCUT2D eigenvalue weighted by Gasteiger charge is 2.25. The van der Waals surface area contributed by atoms with Crippen molar-refractivity contribution in [2.75, 3.05) is 0 Å². The van der Waals surface area contributed by atoms with Crippen LogP contribution in [0.4, 0.5) is 0 Å². The van der Waals surface area contributed by atoms with Gasteiger partial charge in [-0.1, -0.05) is 29.8 Å². The van der Waals surface area contributed by atoms with Crippen LogP contribution in [0.2, 0.25) is 5.02 Å². The minimum absolute atomic E-state index is 0.294. The molecule has 0 aliphatic heterocycles. The Bertz CT molecular complexity index is 1130. The molecule has 1 aliphatic rings. The molecule has 5 rings (SSSR count). The summed E-state index contributed by atoms with van der Waals surface area (Å²) in [4.78, 5) is 7.96. The Hall–Kier alpha value is -2.63. The number of hydrogen-bond donors (Lipinski definition) is 2. The van der Waals surface area contributed by atoms with Gasteiger partial charge in [0, 0.05) is 35.4 Å². The molecule has 0 saturated carbocycles. The van der Waals surface area contributed by atoms with Crippen LogP contribution >= 0.6 is 11.6 Å². The van der Waals surface area contributed by atoms with E-state index in [0.717, 1.165) is 42.2 Å². The van der Waals surface area contributed by atoms with Crippen molar-refractivity contribution in [1.29, 1.82) is 0 Å². The summed E-state index contributed by atoms with van der Waals surface area (Å²) in [7, 11) is 0. The van der Waals surface area contributed by atoms with Crippen molar-refractivity contribution in [1.82, 2.24) is 25.1 Å². The summed E-state index contributed by atoms with van der Waals surface area (Å²) in [5, 5.41) is 10.3. The summed E-state index contributed by atoms with van der Waals surface area (Å²) in [6.45, 7) is 2.92. The number of pyridine rings is 1. The summed E-state index contributed by atoms with van der Waals surface area (Å²) < 4.78 is 1.98. The van der Waals surface area contributed by atoms with Crippen molar-refractivity contribution in [3.05, 3.63) is 76.3 Å². The molecule has 0 fully saturated rings. The fourth-order valence-corrected chi connectivity index (χ4v) is 4.44. The van der Waals surface area contributed by atoms with E-state index in [-0.39, 0.29) is 0 Å². The van der Waals surface area contributed by atoms with E-state index in [1.165, 1.54) is 27.9 Å². The van der Waals surface area contributed by atoms with Gasteiger partial charge in [-0.3, -0.25) is 0 Å². The Kier molecular flexibility index (Phi) is 4.41. The first-order valence-corrected chi connectivity index (χ1v) is 10.1. The van der Waals surface area contributed by atoms with E-state index in [1.54, 1.807) is 0 Å². The van der Waals surface area contributed by atoms with Crippen molar-refractivity contribution in [3.63, 3.8) is 0 Å². The van der Waals surface area contributed by atoms with Gasteiger partial charge in [-0.25, -0.2) is 9.67 Å². The van der Waals surface area contributed by atoms with Crippen LogP contribution in [0.1, 0.15) is 41.4 Å². The van der Waals surface area contributed by atoms with E-state index in [9.17, 15) is 0 Å². The maximum absolute atomic E-state index is 6.35. The number of rotatable bonds is 4. The first kappa shape index (κ1) is 17.5. The number of aryl methyl sites for hydroxylation is 1. The van der Waals surface area contributed by atoms with Crippen molar-refractivity contribution in [2.24, 2.45) is 0 Å². The molecule has 1 unspecified atom stereocenters. The predicted octanol–water partition coefficient (Wildman–Crippen LogP) is 4.88. The lowest BCUT2D eigenvalue weighted by Gasteiger charge is -2.24. The highest BCUT2D eigenvalue weighted by molar-refractivity contribution is 6.35. The van der Waals surface area contributed by atoms with E-state index < -0.39 is 0 Å². The molecule has 1 aliphatic carbocycles. The van der Waals surface area contributed by atoms with Crippen LogP contribution in [-0.2, 0) is 13.0 Å². The second-order valence-electron chi connectivity index (χ2n) is 7.36. The second kappa shape index (κ2) is 7.08. The summed E-state index contributed by atoms with van der Waals surface area (Å²) in [5.74, 6) is 0.880. The Balaban J connectivity index is 1.41. The second-order valence-corrected chi connectivity index (χ2v) is 7.77. The fourth-order valence-electron chi connectivity index (χ4n) is 4.22. The number of nitrogens with zero attached hydrogens (tertiary/aromatic N) is 3. The molecule has 0 bridgehead atoms. The summed E-state index contributed by atoms with van der Waals surface area (Å²) in [6, 6.07) is 12.3. The van der Waals surface area contributed by atoms with Crippen LogP contribution in [0.15, 0.2) is 48.8 Å². The van der Waals surface area contributed by atoms with Crippen LogP contribution in [0.3, 0.4) is 0 Å². The predicted molar refractivity (Wildman–Crippen MR) is 112 cm³/mol. The number of hydrogen-bond acceptors (Lipinski definition) is 3. The molecule has 0 radical (unpaired) electrons. The van der Waals surface area contributed by atoms with E-state index in [2.05, 4.69) is 33.4 Å². The van der Waals surface area contributed by atoms with Gasteiger partial charge in [-0.15, -0.1) is 0 Å². The number of para-hydroxylation sites is 1. The minimum atomic E-state index is 0.294. The zero-order valence-corrected chi connectivity index (χ0v) is 16.5. The van der Waals surface area contributed by atoms with E-state index >= 15 is 0 Å². The van der Waals surface area contributed by atoms with Gasteiger partial charge in [0.2, 0.25) is 0 Å². The molecule has 3 aromatic heterocycles. The highest BCUT2D eigenvalue weighted by atomic mass is 35.5. The lowest BCUT2D eigenvalue weighted by molar-refractivity contribution is 0.452. The molecule has 0 saturated heterocycles. The van der Waals surface area contributed by atoms with Crippen molar-refractivity contribution in [2.45, 2.75) is 38.8 Å². The Morgan fingerprint density at radius 2 is 2.18 bits per heavy atom. The lowest BCUT2D eigenvalue weighted by Crippen LogP contribution is -2.25. The number of benzene rings is 1. The first-order valence-electron chi connectivity index (χ1n) is 9.69. The third kappa shape index (κ3) is 2.91. The SMILES string of the molecule is Cc1c(CNC2CCCc3c2cnn3-c2ccccn2)[nH]c2c(Cl)cccc12. The number of H-pyrrole nitrogens is 1. The van der Waals surface area contributed by atoms with Gasteiger partial charge in [-0.05, 0) is 49.9 Å². The van der Waals surface area contributed by atoms with Crippen molar-refractivity contribution < 1.29 is 0 Å². The van der Waals surface area contributed by atoms with Crippen LogP contribution < -0.4 is 5.32 Å². The fraction of sp³-hybridized carbons (Fsp3) is 0.273. The summed E-state index contributed by atoms with van der Waals surface area (Å²) in [5.41, 5.74) is 6.01. The average molecular weight is 392 g/mol. The highest BCUT2D eigenvalue weighted by Crippen LogP contribution is 2.32. The maximum Gasteiger partial charge on any atom is 0.153 e. The minimum Gasteiger partial charge on any atom is -0.356 e. The van der Waals surface area contributed by atoms with Crippen molar-refractivity contribution >= 4 is 22.5 Å². The smallest absolute Gasteiger partial charge is 0.153 e. The molecule has 2 N–H and O–H groups in total. The number of halogens is 1. The number of fused-ring (bicyclic) bond motifs is 2. The Labute approximate surface area is 168 Å². The van der Waals surface area contributed by atoms with Gasteiger partial charge in [0.1, 0.15) is 0 Å². The molecule has 1 atom stereocenters. The molecule has 6 heteroatoms. The molecular weight excluding hydrogens is 370 g/mol. The summed E-state index contributed by atoms with van der Waals surface area (Å²) in [6.07, 6.45) is 7.09. The maximum atomic E-state index is 6.35. The topological polar surface area (TPSA) is 58.5 Å². The Morgan fingerprint density at radius 3 is 3.00 bits per heavy atom. The Morgan fingerprint density at radius 1 is 1.25 bits per heavy atom. The van der Waals surface area contributed by atoms with Crippen LogP contribution in [-0.4, -0.2) is 19.7 Å². The van der Waals surface area contributed by atoms with Gasteiger partial charge in [0.05, 0.1) is 22.4 Å². The van der Waals surface area contributed by atoms with Gasteiger partial charge >= 0.3 is 0 Å². The zero-order valence-electron chi connectivity index (χ0n) is 15.7. The van der Waals surface area contributed by atoms with Crippen molar-refractivity contribution in [3.8, 4) is 5.82 Å². The standard InChI is InChI=1S/C22H22ClN5/c1-14-15-6-4-7-17(23)22(15)27-19(14)13-25-18-8-5-9-20-16(18)12-26-28(20)21-10-2-3-11-24-21/h2-4,6-7,10-12,18,25,27H,5,8-9,13H2,1H3. The van der Waals surface area contributed by atoms with Crippen LogP contribution in [0.25, 0.3) is 16.7 Å². The van der Waals surface area contributed by atoms with Gasteiger partial charge in [0.15, 0.2) is 5.82 Å². The largest absolute Gasteiger partial charge is 0.356 e. The van der Waals surface area contributed by atoms with Crippen LogP contribution in [0.5, 0.6) is 0 Å². The number of nitrogens with one attached hydrogen (secondary N) is 2. The molecule has 3 heterocycles. The molecule has 142 valence electrons. The number of aromatic nitrogens is 4. The molecule has 4 aromatic rings. The first-order chi connectivity index (χ1) is 13.7. The van der Waals surface area contributed by atoms with Gasteiger partial charge in [0.25, 0.3) is 0 Å². The molecule has 5 nitrogen and oxygen atoms in total. The lowest BCUT2D eigenvalue weighted by atomic mass is 9.93. The zero-order chi connectivity index (χ0) is 19.1. The van der Waals surface area contributed by atoms with Crippen LogP contribution in [0, 0.1) is 6.92 Å². The van der Waals surface area contributed by atoms with Gasteiger partial charge in [-0.2, -0.15) is 5.10 Å². The quantitative estimate of drug-likeness (QED) is 0.521. The molecule has 0 spiro atoms. The van der Waals surface area contributed by atoms with E-state index in [1.807, 2.05) is 47.4 Å². The third-order valence-corrected chi connectivity index (χ3v) is 6.04.